The van der Waals surface area contributed by atoms with Gasteiger partial charge >= 0.3 is 5.69 Å². The van der Waals surface area contributed by atoms with E-state index in [1.807, 2.05) is 7.11 Å². The van der Waals surface area contributed by atoms with Gasteiger partial charge < -0.3 is 4.74 Å². The molecule has 6 aliphatic carbocycles. The Bertz CT molecular complexity index is 948. The molecule has 6 fully saturated rings. The van der Waals surface area contributed by atoms with E-state index in [2.05, 4.69) is 10.5 Å². The molecule has 6 aliphatic rings. The van der Waals surface area contributed by atoms with E-state index in [-0.39, 0.29) is 22.7 Å². The molecule has 0 spiro atoms. The summed E-state index contributed by atoms with van der Waals surface area (Å²) in [4.78, 5) is 21.0. The van der Waals surface area contributed by atoms with Crippen LogP contribution in [0.3, 0.4) is 0 Å². The van der Waals surface area contributed by atoms with Gasteiger partial charge in [-0.15, -0.1) is 0 Å². The van der Waals surface area contributed by atoms with Gasteiger partial charge in [0, 0.05) is 36.6 Å². The van der Waals surface area contributed by atoms with E-state index in [1.54, 1.807) is 0 Å². The van der Waals surface area contributed by atoms with E-state index in [1.165, 1.54) is 18.6 Å². The van der Waals surface area contributed by atoms with Crippen molar-refractivity contribution in [1.82, 2.24) is 0 Å². The number of non-ortho nitro benzene ring substituents is 1. The summed E-state index contributed by atoms with van der Waals surface area (Å²) in [6, 6.07) is 3.59. The highest BCUT2D eigenvalue weighted by molar-refractivity contribution is 5.98. The molecule has 0 aliphatic heterocycles. The van der Waals surface area contributed by atoms with Crippen molar-refractivity contribution in [2.75, 3.05) is 12.5 Å². The predicted molar refractivity (Wildman–Crippen MR) is 94.2 cm³/mol. The van der Waals surface area contributed by atoms with Gasteiger partial charge in [0.05, 0.1) is 21.5 Å². The van der Waals surface area contributed by atoms with Gasteiger partial charge in [0.25, 0.3) is 5.69 Å². The van der Waals surface area contributed by atoms with Gasteiger partial charge in [-0.2, -0.15) is 5.10 Å². The molecule has 9 nitrogen and oxygen atoms in total. The first-order valence-corrected chi connectivity index (χ1v) is 9.29. The van der Waals surface area contributed by atoms with Crippen LogP contribution >= 0.6 is 0 Å². The van der Waals surface area contributed by atoms with Crippen LogP contribution in [0.15, 0.2) is 23.3 Å². The number of nitro groups is 2. The molecule has 1 aromatic carbocycles. The normalized spacial score (nSPS) is 45.5. The summed E-state index contributed by atoms with van der Waals surface area (Å²) in [5, 5.41) is 26.9. The Kier molecular flexibility index (Phi) is 2.67. The van der Waals surface area contributed by atoms with Crippen molar-refractivity contribution >= 4 is 22.8 Å². The van der Waals surface area contributed by atoms with Gasteiger partial charge in [-0.25, -0.2) is 0 Å². The molecular weight excluding hydrogens is 352 g/mol. The number of rotatable bonds is 5. The second-order valence-corrected chi connectivity index (χ2v) is 8.56. The second-order valence-electron chi connectivity index (χ2n) is 8.56. The number of ether oxygens (including phenoxy) is 1. The molecule has 0 saturated heterocycles. The average Bonchev–Trinajstić information content (AvgIpc) is 3.38. The minimum absolute atomic E-state index is 0.0837. The molecule has 27 heavy (non-hydrogen) atoms. The van der Waals surface area contributed by atoms with E-state index >= 15 is 0 Å². The molecule has 0 radical (unpaired) electrons. The zero-order valence-corrected chi connectivity index (χ0v) is 14.6. The van der Waals surface area contributed by atoms with Crippen LogP contribution in [-0.2, 0) is 4.74 Å². The Hall–Kier alpha value is -2.55. The molecule has 1 aromatic rings. The summed E-state index contributed by atoms with van der Waals surface area (Å²) >= 11 is 0. The molecule has 9 heteroatoms. The molecule has 1 N–H and O–H groups in total. The lowest BCUT2D eigenvalue weighted by atomic mass is 9.69. The Morgan fingerprint density at radius 1 is 1.22 bits per heavy atom. The minimum atomic E-state index is -0.639. The van der Waals surface area contributed by atoms with E-state index in [0.717, 1.165) is 30.0 Å². The van der Waals surface area contributed by atoms with Crippen molar-refractivity contribution in [3.8, 4) is 0 Å². The zero-order chi connectivity index (χ0) is 18.7. The highest BCUT2D eigenvalue weighted by Gasteiger charge is 2.86. The number of benzene rings is 1. The molecule has 0 amide bonds. The third kappa shape index (κ3) is 1.55. The summed E-state index contributed by atoms with van der Waals surface area (Å²) < 4.78 is 6.07. The number of anilines is 1. The fraction of sp³-hybridized carbons (Fsp3) is 0.611. The Balaban J connectivity index is 1.37. The van der Waals surface area contributed by atoms with Gasteiger partial charge in [-0.3, -0.25) is 25.7 Å². The van der Waals surface area contributed by atoms with Crippen molar-refractivity contribution < 1.29 is 14.6 Å². The highest BCUT2D eigenvalue weighted by Crippen LogP contribution is 2.83. The molecule has 8 atom stereocenters. The second kappa shape index (κ2) is 4.64. The summed E-state index contributed by atoms with van der Waals surface area (Å²) in [6.45, 7) is 0. The Morgan fingerprint density at radius 2 is 2.04 bits per heavy atom. The van der Waals surface area contributed by atoms with Gasteiger partial charge in [0.1, 0.15) is 5.69 Å². The Labute approximate surface area is 154 Å². The molecular formula is C18H18N4O5. The summed E-state index contributed by atoms with van der Waals surface area (Å²) in [6.07, 6.45) is 2.39. The molecule has 8 unspecified atom stereocenters. The van der Waals surface area contributed by atoms with E-state index < -0.39 is 9.85 Å². The van der Waals surface area contributed by atoms with Crippen molar-refractivity contribution in [3.05, 3.63) is 38.4 Å². The highest BCUT2D eigenvalue weighted by atomic mass is 16.6. The monoisotopic (exact) mass is 370 g/mol. The fourth-order valence-corrected chi connectivity index (χ4v) is 7.75. The lowest BCUT2D eigenvalue weighted by molar-refractivity contribution is -0.393. The van der Waals surface area contributed by atoms with Crippen molar-refractivity contribution in [3.63, 3.8) is 0 Å². The fourth-order valence-electron chi connectivity index (χ4n) is 7.75. The van der Waals surface area contributed by atoms with Crippen molar-refractivity contribution in [1.29, 1.82) is 0 Å². The van der Waals surface area contributed by atoms with Gasteiger partial charge in [0.15, 0.2) is 0 Å². The number of nitrogens with zero attached hydrogens (tertiary/aromatic N) is 3. The number of methoxy groups -OCH3 is 1. The van der Waals surface area contributed by atoms with Crippen LogP contribution in [-0.4, -0.2) is 28.3 Å². The molecule has 140 valence electrons. The number of nitro benzene ring substituents is 2. The molecule has 6 bridgehead atoms. The third-order valence-electron chi connectivity index (χ3n) is 8.16. The van der Waals surface area contributed by atoms with Crippen LogP contribution in [0.5, 0.6) is 0 Å². The standard InChI is InChI=1S/C18H18N4O5/c1-27-18-6-10-8-5-9-13(10)16(18)17(14(9)15(8)18)20-19-11-3-2-7(21(23)24)4-12(11)22(25)26/h2-4,8-10,13-16,19H,5-6H2,1H3. The maximum absolute atomic E-state index is 11.3. The largest absolute Gasteiger partial charge is 0.377 e. The maximum atomic E-state index is 11.3. The first-order chi connectivity index (χ1) is 13.0. The summed E-state index contributed by atoms with van der Waals surface area (Å²) in [5.74, 6) is 4.12. The smallest absolute Gasteiger partial charge is 0.301 e. The van der Waals surface area contributed by atoms with Crippen molar-refractivity contribution in [2.24, 2.45) is 46.5 Å². The average molecular weight is 370 g/mol. The first kappa shape index (κ1) is 15.5. The van der Waals surface area contributed by atoms with Crippen LogP contribution < -0.4 is 5.43 Å². The molecule has 7 rings (SSSR count). The van der Waals surface area contributed by atoms with Crippen LogP contribution in [0.4, 0.5) is 17.1 Å². The molecule has 0 aromatic heterocycles. The molecule has 0 heterocycles. The van der Waals surface area contributed by atoms with E-state index in [4.69, 9.17) is 4.74 Å². The third-order valence-corrected chi connectivity index (χ3v) is 8.16. The van der Waals surface area contributed by atoms with E-state index in [9.17, 15) is 20.2 Å². The van der Waals surface area contributed by atoms with Gasteiger partial charge in [-0.05, 0) is 42.6 Å². The number of nitrogens with one attached hydrogen (secondary N) is 1. The topological polar surface area (TPSA) is 120 Å². The Morgan fingerprint density at radius 3 is 2.74 bits per heavy atom. The maximum Gasteiger partial charge on any atom is 0.301 e. The summed E-state index contributed by atoms with van der Waals surface area (Å²) in [5.41, 5.74) is 3.42. The number of hydrogen-bond donors (Lipinski definition) is 1. The van der Waals surface area contributed by atoms with Crippen LogP contribution in [0.25, 0.3) is 0 Å². The summed E-state index contributed by atoms with van der Waals surface area (Å²) in [7, 11) is 1.81. The SMILES string of the molecule is COC12CC3C4CC5C(C(=NNc6ccc([N+](=O)[O-])cc6[N+](=O)[O-])C1C35)C42. The minimum Gasteiger partial charge on any atom is -0.377 e. The number of hydrazone groups is 1. The van der Waals surface area contributed by atoms with Crippen molar-refractivity contribution in [2.45, 2.75) is 18.4 Å². The van der Waals surface area contributed by atoms with Gasteiger partial charge in [-0.1, -0.05) is 0 Å². The zero-order valence-electron chi connectivity index (χ0n) is 14.6. The predicted octanol–water partition coefficient (Wildman–Crippen LogP) is 2.82. The van der Waals surface area contributed by atoms with Crippen LogP contribution in [0, 0.1) is 61.7 Å². The van der Waals surface area contributed by atoms with Crippen LogP contribution in [0.2, 0.25) is 0 Å². The van der Waals surface area contributed by atoms with Crippen LogP contribution in [0.1, 0.15) is 12.8 Å². The number of hydrogen-bond acceptors (Lipinski definition) is 7. The van der Waals surface area contributed by atoms with E-state index in [0.29, 0.717) is 29.6 Å². The lowest BCUT2D eigenvalue weighted by Crippen LogP contribution is -2.45. The first-order valence-electron chi connectivity index (χ1n) is 9.29. The van der Waals surface area contributed by atoms with Gasteiger partial charge in [0.2, 0.25) is 0 Å². The lowest BCUT2D eigenvalue weighted by Gasteiger charge is -2.40. The quantitative estimate of drug-likeness (QED) is 0.628. The molecule has 6 saturated carbocycles.